The lowest BCUT2D eigenvalue weighted by Crippen LogP contribution is -2.31. The smallest absolute Gasteiger partial charge is 0.251 e. The number of hydrogen-bond donors (Lipinski definition) is 2. The number of carbonyl (C=O) groups is 1. The molecule has 0 bridgehead atoms. The molecule has 0 saturated carbocycles. The largest absolute Gasteiger partial charge is 0.399 e. The molecule has 5 nitrogen and oxygen atoms in total. The zero-order valence-corrected chi connectivity index (χ0v) is 17.6. The van der Waals surface area contributed by atoms with Crippen LogP contribution in [0.2, 0.25) is 0 Å². The number of nitrogens with one attached hydrogen (secondary N) is 1. The van der Waals surface area contributed by atoms with E-state index in [1.807, 2.05) is 61.0 Å². The molecule has 0 radical (unpaired) electrons. The molecule has 0 fully saturated rings. The molecule has 1 amide bonds. The SMILES string of the molecule is Cc1cc(C)n(Cc2cccc(C(=O)NC3CCCc4cc(N)ccc43)c2)n1.Cl. The van der Waals surface area contributed by atoms with Gasteiger partial charge in [0.15, 0.2) is 0 Å². The van der Waals surface area contributed by atoms with Crippen LogP contribution in [0, 0.1) is 13.8 Å². The first-order chi connectivity index (χ1) is 13.5. The van der Waals surface area contributed by atoms with Gasteiger partial charge in [-0.3, -0.25) is 9.48 Å². The standard InChI is InChI=1S/C23H26N4O.ClH/c1-15-11-16(2)27(26-15)14-17-5-3-7-19(12-17)23(28)25-22-8-4-6-18-13-20(24)9-10-21(18)22;/h3,5,7,9-13,22H,4,6,8,14,24H2,1-2H3,(H,25,28);1H. The van der Waals surface area contributed by atoms with E-state index in [-0.39, 0.29) is 24.4 Å². The maximum absolute atomic E-state index is 12.9. The number of aryl methyl sites for hydroxylation is 3. The van der Waals surface area contributed by atoms with Gasteiger partial charge in [-0.25, -0.2) is 0 Å². The Morgan fingerprint density at radius 2 is 2.03 bits per heavy atom. The van der Waals surface area contributed by atoms with Gasteiger partial charge in [-0.15, -0.1) is 12.4 Å². The van der Waals surface area contributed by atoms with Crippen LogP contribution in [0.1, 0.15) is 57.3 Å². The third kappa shape index (κ3) is 4.62. The van der Waals surface area contributed by atoms with Crippen LogP contribution in [-0.2, 0) is 13.0 Å². The van der Waals surface area contributed by atoms with E-state index in [0.717, 1.165) is 41.9 Å². The number of halogens is 1. The van der Waals surface area contributed by atoms with E-state index in [2.05, 4.69) is 16.5 Å². The van der Waals surface area contributed by atoms with Crippen molar-refractivity contribution >= 4 is 24.0 Å². The summed E-state index contributed by atoms with van der Waals surface area (Å²) in [6.07, 6.45) is 3.03. The van der Waals surface area contributed by atoms with E-state index in [1.54, 1.807) is 0 Å². The summed E-state index contributed by atoms with van der Waals surface area (Å²) >= 11 is 0. The summed E-state index contributed by atoms with van der Waals surface area (Å²) in [6, 6.07) is 15.9. The number of carbonyl (C=O) groups excluding carboxylic acids is 1. The second kappa shape index (κ2) is 8.70. The second-order valence-electron chi connectivity index (χ2n) is 7.66. The van der Waals surface area contributed by atoms with Crippen LogP contribution in [0.25, 0.3) is 0 Å². The normalized spacial score (nSPS) is 15.3. The molecule has 1 heterocycles. The number of rotatable bonds is 4. The monoisotopic (exact) mass is 410 g/mol. The van der Waals surface area contributed by atoms with Crippen molar-refractivity contribution in [2.75, 3.05) is 5.73 Å². The van der Waals surface area contributed by atoms with Gasteiger partial charge >= 0.3 is 0 Å². The predicted octanol–water partition coefficient (Wildman–Crippen LogP) is 4.36. The lowest BCUT2D eigenvalue weighted by Gasteiger charge is -2.26. The summed E-state index contributed by atoms with van der Waals surface area (Å²) in [6.45, 7) is 4.69. The molecular weight excluding hydrogens is 384 g/mol. The molecule has 3 aromatic rings. The van der Waals surface area contributed by atoms with Gasteiger partial charge in [0.05, 0.1) is 18.3 Å². The van der Waals surface area contributed by atoms with Gasteiger partial charge < -0.3 is 11.1 Å². The van der Waals surface area contributed by atoms with Crippen LogP contribution < -0.4 is 11.1 Å². The first kappa shape index (κ1) is 20.9. The summed E-state index contributed by atoms with van der Waals surface area (Å²) in [5.41, 5.74) is 13.0. The molecule has 152 valence electrons. The van der Waals surface area contributed by atoms with Gasteiger partial charge in [0.2, 0.25) is 0 Å². The molecule has 0 saturated heterocycles. The van der Waals surface area contributed by atoms with Crippen molar-refractivity contribution in [3.63, 3.8) is 0 Å². The van der Waals surface area contributed by atoms with E-state index in [9.17, 15) is 4.79 Å². The first-order valence-corrected chi connectivity index (χ1v) is 9.79. The lowest BCUT2D eigenvalue weighted by atomic mass is 9.87. The summed E-state index contributed by atoms with van der Waals surface area (Å²) < 4.78 is 1.97. The Bertz CT molecular complexity index is 1030. The van der Waals surface area contributed by atoms with Crippen molar-refractivity contribution < 1.29 is 4.79 Å². The summed E-state index contributed by atoms with van der Waals surface area (Å²) in [5.74, 6) is -0.0371. The zero-order valence-electron chi connectivity index (χ0n) is 16.8. The molecular formula is C23H27ClN4O. The number of nitrogen functional groups attached to an aromatic ring is 1. The van der Waals surface area contributed by atoms with Crippen LogP contribution in [-0.4, -0.2) is 15.7 Å². The van der Waals surface area contributed by atoms with Crippen molar-refractivity contribution in [3.05, 3.63) is 82.2 Å². The summed E-state index contributed by atoms with van der Waals surface area (Å²) in [4.78, 5) is 12.9. The Balaban J connectivity index is 0.00000240. The number of aromatic nitrogens is 2. The van der Waals surface area contributed by atoms with E-state index in [0.29, 0.717) is 12.1 Å². The zero-order chi connectivity index (χ0) is 19.7. The van der Waals surface area contributed by atoms with Gasteiger partial charge in [-0.2, -0.15) is 5.10 Å². The van der Waals surface area contributed by atoms with Gasteiger partial charge in [0.1, 0.15) is 0 Å². The Labute approximate surface area is 177 Å². The van der Waals surface area contributed by atoms with Crippen LogP contribution in [0.5, 0.6) is 0 Å². The molecule has 6 heteroatoms. The molecule has 4 rings (SSSR count). The molecule has 1 aliphatic rings. The lowest BCUT2D eigenvalue weighted by molar-refractivity contribution is 0.0932. The summed E-state index contributed by atoms with van der Waals surface area (Å²) in [7, 11) is 0. The van der Waals surface area contributed by atoms with Crippen molar-refractivity contribution in [3.8, 4) is 0 Å². The van der Waals surface area contributed by atoms with Crippen LogP contribution in [0.4, 0.5) is 5.69 Å². The average molecular weight is 411 g/mol. The van der Waals surface area contributed by atoms with Crippen molar-refractivity contribution in [1.29, 1.82) is 0 Å². The van der Waals surface area contributed by atoms with Crippen molar-refractivity contribution in [2.24, 2.45) is 0 Å². The Kier molecular flexibility index (Phi) is 6.28. The molecule has 1 aliphatic carbocycles. The molecule has 0 aliphatic heterocycles. The molecule has 3 N–H and O–H groups in total. The quantitative estimate of drug-likeness (QED) is 0.627. The van der Waals surface area contributed by atoms with Gasteiger partial charge in [-0.1, -0.05) is 18.2 Å². The van der Waals surface area contributed by atoms with Crippen molar-refractivity contribution in [1.82, 2.24) is 15.1 Å². The highest BCUT2D eigenvalue weighted by Crippen LogP contribution is 2.31. The highest BCUT2D eigenvalue weighted by Gasteiger charge is 2.22. The average Bonchev–Trinajstić information content (AvgIpc) is 2.98. The van der Waals surface area contributed by atoms with Crippen LogP contribution in [0.15, 0.2) is 48.5 Å². The Hall–Kier alpha value is -2.79. The minimum absolute atomic E-state index is 0. The van der Waals surface area contributed by atoms with E-state index < -0.39 is 0 Å². The Morgan fingerprint density at radius 1 is 1.21 bits per heavy atom. The van der Waals surface area contributed by atoms with Crippen LogP contribution >= 0.6 is 12.4 Å². The first-order valence-electron chi connectivity index (χ1n) is 9.79. The van der Waals surface area contributed by atoms with Gasteiger partial charge in [0, 0.05) is 16.9 Å². The fourth-order valence-electron chi connectivity index (χ4n) is 4.04. The molecule has 1 aromatic heterocycles. The predicted molar refractivity (Wildman–Crippen MR) is 118 cm³/mol. The van der Waals surface area contributed by atoms with E-state index in [4.69, 9.17) is 5.73 Å². The molecule has 2 aromatic carbocycles. The highest BCUT2D eigenvalue weighted by molar-refractivity contribution is 5.94. The maximum atomic E-state index is 12.9. The topological polar surface area (TPSA) is 72.9 Å². The third-order valence-electron chi connectivity index (χ3n) is 5.41. The number of benzene rings is 2. The fourth-order valence-corrected chi connectivity index (χ4v) is 4.04. The highest BCUT2D eigenvalue weighted by atomic mass is 35.5. The summed E-state index contributed by atoms with van der Waals surface area (Å²) in [5, 5.41) is 7.73. The second-order valence-corrected chi connectivity index (χ2v) is 7.66. The third-order valence-corrected chi connectivity index (χ3v) is 5.41. The molecule has 1 atom stereocenters. The number of fused-ring (bicyclic) bond motifs is 1. The molecule has 29 heavy (non-hydrogen) atoms. The number of nitrogens with zero attached hydrogens (tertiary/aromatic N) is 2. The van der Waals surface area contributed by atoms with Gasteiger partial charge in [-0.05, 0) is 80.1 Å². The molecule has 1 unspecified atom stereocenters. The maximum Gasteiger partial charge on any atom is 0.251 e. The van der Waals surface area contributed by atoms with E-state index in [1.165, 1.54) is 11.1 Å². The number of amides is 1. The Morgan fingerprint density at radius 3 is 2.79 bits per heavy atom. The van der Waals surface area contributed by atoms with Crippen LogP contribution in [0.3, 0.4) is 0 Å². The minimum Gasteiger partial charge on any atom is -0.399 e. The number of nitrogens with two attached hydrogens (primary N) is 1. The number of anilines is 1. The van der Waals surface area contributed by atoms with Crippen molar-refractivity contribution in [2.45, 2.75) is 45.7 Å². The number of hydrogen-bond acceptors (Lipinski definition) is 3. The minimum atomic E-state index is -0.0371. The van der Waals surface area contributed by atoms with Gasteiger partial charge in [0.25, 0.3) is 5.91 Å². The fraction of sp³-hybridized carbons (Fsp3) is 0.304. The van der Waals surface area contributed by atoms with E-state index >= 15 is 0 Å². The molecule has 0 spiro atoms.